The predicted octanol–water partition coefficient (Wildman–Crippen LogP) is 4.02. The highest BCUT2D eigenvalue weighted by atomic mass is 35.5. The molecule has 1 atom stereocenters. The molecule has 3 aromatic rings. The first-order chi connectivity index (χ1) is 15.6. The number of carbonyl (C=O) groups is 2. The monoisotopic (exact) mass is 449 g/mol. The molecule has 0 bridgehead atoms. The molecule has 7 heteroatoms. The molecule has 2 saturated heterocycles. The van der Waals surface area contributed by atoms with E-state index in [1.165, 1.54) is 0 Å². The molecule has 0 saturated carbocycles. The molecular weight excluding hydrogens is 426 g/mol. The Bertz CT molecular complexity index is 1170. The Morgan fingerprint density at radius 2 is 1.69 bits per heavy atom. The third-order valence-electron chi connectivity index (χ3n) is 6.18. The number of rotatable bonds is 3. The van der Waals surface area contributed by atoms with E-state index in [0.29, 0.717) is 49.1 Å². The number of nitrogens with zero attached hydrogens (tertiary/aromatic N) is 3. The molecule has 0 radical (unpaired) electrons. The third kappa shape index (κ3) is 3.96. The zero-order valence-corrected chi connectivity index (χ0v) is 18.4. The summed E-state index contributed by atoms with van der Waals surface area (Å²) < 4.78 is 5.54. The molecule has 3 heterocycles. The molecule has 5 rings (SSSR count). The van der Waals surface area contributed by atoms with E-state index in [-0.39, 0.29) is 17.9 Å². The molecule has 1 unspecified atom stereocenters. The summed E-state index contributed by atoms with van der Waals surface area (Å²) in [7, 11) is 0. The number of carbonyl (C=O) groups excluding carboxylic acids is 2. The summed E-state index contributed by atoms with van der Waals surface area (Å²) in [6, 6.07) is 17.0. The number of benzene rings is 2. The Morgan fingerprint density at radius 3 is 2.44 bits per heavy atom. The number of pyridine rings is 1. The molecule has 1 aromatic heterocycles. The van der Waals surface area contributed by atoms with E-state index in [0.717, 1.165) is 29.3 Å². The number of halogens is 1. The van der Waals surface area contributed by atoms with Crippen molar-refractivity contribution in [3.8, 4) is 11.3 Å². The Hall–Kier alpha value is -2.96. The van der Waals surface area contributed by atoms with Crippen LogP contribution in [0.25, 0.3) is 22.2 Å². The van der Waals surface area contributed by atoms with E-state index in [2.05, 4.69) is 0 Å². The Balaban J connectivity index is 1.41. The van der Waals surface area contributed by atoms with Crippen molar-refractivity contribution in [2.45, 2.75) is 18.9 Å². The van der Waals surface area contributed by atoms with E-state index < -0.39 is 0 Å². The fraction of sp³-hybridized carbons (Fsp3) is 0.320. The minimum absolute atomic E-state index is 0.0463. The summed E-state index contributed by atoms with van der Waals surface area (Å²) in [5.41, 5.74) is 2.82. The zero-order valence-electron chi connectivity index (χ0n) is 17.7. The van der Waals surface area contributed by atoms with Crippen LogP contribution in [0.3, 0.4) is 0 Å². The Morgan fingerprint density at radius 1 is 0.969 bits per heavy atom. The number of piperazine rings is 1. The van der Waals surface area contributed by atoms with Gasteiger partial charge in [-0.3, -0.25) is 9.59 Å². The van der Waals surface area contributed by atoms with Gasteiger partial charge < -0.3 is 14.5 Å². The highest BCUT2D eigenvalue weighted by molar-refractivity contribution is 6.33. The normalized spacial score (nSPS) is 18.8. The topological polar surface area (TPSA) is 62.7 Å². The van der Waals surface area contributed by atoms with Gasteiger partial charge in [0.2, 0.25) is 0 Å². The predicted molar refractivity (Wildman–Crippen MR) is 124 cm³/mol. The summed E-state index contributed by atoms with van der Waals surface area (Å²) >= 11 is 6.41. The molecule has 2 fully saturated rings. The van der Waals surface area contributed by atoms with Crippen LogP contribution in [0.1, 0.15) is 23.2 Å². The zero-order chi connectivity index (χ0) is 22.1. The number of aromatic nitrogens is 1. The van der Waals surface area contributed by atoms with Gasteiger partial charge in [0.05, 0.1) is 16.8 Å². The average Bonchev–Trinajstić information content (AvgIpc) is 3.38. The van der Waals surface area contributed by atoms with Crippen molar-refractivity contribution < 1.29 is 14.3 Å². The van der Waals surface area contributed by atoms with Crippen molar-refractivity contribution >= 4 is 34.3 Å². The third-order valence-corrected chi connectivity index (χ3v) is 6.51. The van der Waals surface area contributed by atoms with Gasteiger partial charge in [0.1, 0.15) is 6.10 Å². The molecule has 6 nitrogen and oxygen atoms in total. The van der Waals surface area contributed by atoms with Gasteiger partial charge in [-0.1, -0.05) is 48.0 Å². The van der Waals surface area contributed by atoms with Crippen molar-refractivity contribution in [2.75, 3.05) is 32.8 Å². The maximum Gasteiger partial charge on any atom is 0.254 e. The molecule has 2 aliphatic heterocycles. The Labute approximate surface area is 191 Å². The first kappa shape index (κ1) is 20.9. The molecule has 2 amide bonds. The fourth-order valence-electron chi connectivity index (χ4n) is 4.44. The lowest BCUT2D eigenvalue weighted by atomic mass is 10.0. The van der Waals surface area contributed by atoms with Gasteiger partial charge in [-0.15, -0.1) is 0 Å². The van der Waals surface area contributed by atoms with E-state index in [1.807, 2.05) is 64.4 Å². The standard InChI is InChI=1S/C25H24ClN3O3/c26-20-8-3-1-7-18(20)22-16-19(17-6-2-4-9-21(17)27-22)24(30)28-11-13-29(14-12-28)25(31)23-10-5-15-32-23/h1-4,6-9,16,23H,5,10-15H2. The smallest absolute Gasteiger partial charge is 0.254 e. The minimum atomic E-state index is -0.320. The number of hydrogen-bond acceptors (Lipinski definition) is 4. The summed E-state index contributed by atoms with van der Waals surface area (Å²) in [4.78, 5) is 34.6. The van der Waals surface area contributed by atoms with E-state index >= 15 is 0 Å². The molecule has 2 aromatic carbocycles. The molecule has 2 aliphatic rings. The minimum Gasteiger partial charge on any atom is -0.368 e. The second-order valence-corrected chi connectivity index (χ2v) is 8.58. The fourth-order valence-corrected chi connectivity index (χ4v) is 4.67. The SMILES string of the molecule is O=C(c1cc(-c2ccccc2Cl)nc2ccccc12)N1CCN(C(=O)C2CCCO2)CC1. The number of hydrogen-bond donors (Lipinski definition) is 0. The van der Waals surface area contributed by atoms with Crippen LogP contribution in [0, 0.1) is 0 Å². The first-order valence-electron chi connectivity index (χ1n) is 11.0. The van der Waals surface area contributed by atoms with E-state index in [4.69, 9.17) is 21.3 Å². The summed E-state index contributed by atoms with van der Waals surface area (Å²) in [6.07, 6.45) is 1.39. The molecule has 0 aliphatic carbocycles. The number of ether oxygens (including phenoxy) is 1. The van der Waals surface area contributed by atoms with Gasteiger partial charge in [-0.05, 0) is 31.0 Å². The van der Waals surface area contributed by atoms with E-state index in [9.17, 15) is 9.59 Å². The largest absolute Gasteiger partial charge is 0.368 e. The van der Waals surface area contributed by atoms with Crippen LogP contribution in [0.2, 0.25) is 5.02 Å². The van der Waals surface area contributed by atoms with Crippen LogP contribution in [0.15, 0.2) is 54.6 Å². The van der Waals surface area contributed by atoms with Crippen molar-refractivity contribution in [1.29, 1.82) is 0 Å². The van der Waals surface area contributed by atoms with Crippen LogP contribution >= 0.6 is 11.6 Å². The number of fused-ring (bicyclic) bond motifs is 1. The average molecular weight is 450 g/mol. The van der Waals surface area contributed by atoms with Crippen LogP contribution in [0.4, 0.5) is 0 Å². The summed E-state index contributed by atoms with van der Waals surface area (Å²) in [5, 5.41) is 1.40. The van der Waals surface area contributed by atoms with Crippen LogP contribution in [0.5, 0.6) is 0 Å². The van der Waals surface area contributed by atoms with Gasteiger partial charge in [-0.2, -0.15) is 0 Å². The number of amides is 2. The van der Waals surface area contributed by atoms with Crippen molar-refractivity contribution in [2.24, 2.45) is 0 Å². The van der Waals surface area contributed by atoms with Crippen molar-refractivity contribution in [3.63, 3.8) is 0 Å². The van der Waals surface area contributed by atoms with Gasteiger partial charge in [0.25, 0.3) is 11.8 Å². The van der Waals surface area contributed by atoms with Crippen molar-refractivity contribution in [3.05, 3.63) is 65.2 Å². The second-order valence-electron chi connectivity index (χ2n) is 8.17. The maximum absolute atomic E-state index is 13.6. The molecule has 0 spiro atoms. The number of para-hydroxylation sites is 1. The lowest BCUT2D eigenvalue weighted by molar-refractivity contribution is -0.142. The summed E-state index contributed by atoms with van der Waals surface area (Å²) in [5.74, 6) is -0.00826. The van der Waals surface area contributed by atoms with Crippen LogP contribution < -0.4 is 0 Å². The summed E-state index contributed by atoms with van der Waals surface area (Å²) in [6.45, 7) is 2.68. The molecule has 0 N–H and O–H groups in total. The van der Waals surface area contributed by atoms with E-state index in [1.54, 1.807) is 0 Å². The maximum atomic E-state index is 13.6. The Kier molecular flexibility index (Phi) is 5.81. The van der Waals surface area contributed by atoms with Gasteiger partial charge in [0, 0.05) is 48.8 Å². The van der Waals surface area contributed by atoms with Crippen LogP contribution in [-0.4, -0.2) is 65.5 Å². The van der Waals surface area contributed by atoms with Gasteiger partial charge in [0.15, 0.2) is 0 Å². The molecule has 164 valence electrons. The highest BCUT2D eigenvalue weighted by Crippen LogP contribution is 2.30. The highest BCUT2D eigenvalue weighted by Gasteiger charge is 2.32. The lowest BCUT2D eigenvalue weighted by Crippen LogP contribution is -2.52. The van der Waals surface area contributed by atoms with Gasteiger partial charge in [-0.25, -0.2) is 4.98 Å². The van der Waals surface area contributed by atoms with Crippen molar-refractivity contribution in [1.82, 2.24) is 14.8 Å². The quantitative estimate of drug-likeness (QED) is 0.606. The van der Waals surface area contributed by atoms with Gasteiger partial charge >= 0.3 is 0 Å². The second kappa shape index (κ2) is 8.88. The first-order valence-corrected chi connectivity index (χ1v) is 11.3. The van der Waals surface area contributed by atoms with Crippen LogP contribution in [-0.2, 0) is 9.53 Å². The molecular formula is C25H24ClN3O3. The molecule has 32 heavy (non-hydrogen) atoms. The lowest BCUT2D eigenvalue weighted by Gasteiger charge is -2.36.